The molecule has 2 rings (SSSR count). The van der Waals surface area contributed by atoms with E-state index in [9.17, 15) is 0 Å². The molecule has 0 saturated carbocycles. The fraction of sp³-hybridized carbons (Fsp3) is 0. The molecule has 2 N–H and O–H groups in total. The molecule has 3 heteroatoms. The minimum Gasteiger partial charge on any atom is -0.341 e. The van der Waals surface area contributed by atoms with Crippen LogP contribution in [0.3, 0.4) is 0 Å². The van der Waals surface area contributed by atoms with Crippen molar-refractivity contribution in [2.24, 2.45) is 0 Å². The summed E-state index contributed by atoms with van der Waals surface area (Å²) in [5.74, 6) is 0.771. The van der Waals surface area contributed by atoms with Crippen LogP contribution >= 0.6 is 11.6 Å². The van der Waals surface area contributed by atoms with Gasteiger partial charge in [-0.3, -0.25) is 0 Å². The fourth-order valence-electron chi connectivity index (χ4n) is 1.31. The average Bonchev–Trinajstić information content (AvgIpc) is 2.42. The molecule has 0 fully saturated rings. The summed E-state index contributed by atoms with van der Waals surface area (Å²) >= 11 is 5.99. The van der Waals surface area contributed by atoms with Crippen molar-refractivity contribution in [2.75, 3.05) is 10.6 Å². The van der Waals surface area contributed by atoms with Gasteiger partial charge in [0.2, 0.25) is 0 Å². The summed E-state index contributed by atoms with van der Waals surface area (Å²) in [7, 11) is 0. The van der Waals surface area contributed by atoms with Gasteiger partial charge in [-0.05, 0) is 17.7 Å². The highest BCUT2D eigenvalue weighted by atomic mass is 35.5. The molecular weight excluding hydrogens is 184 g/mol. The van der Waals surface area contributed by atoms with E-state index < -0.39 is 0 Å². The molecule has 0 radical (unpaired) electrons. The molecule has 13 heavy (non-hydrogen) atoms. The summed E-state index contributed by atoms with van der Waals surface area (Å²) in [4.78, 5) is 0. The molecule has 66 valence electrons. The fourth-order valence-corrected chi connectivity index (χ4v) is 1.55. The molecule has 2 nitrogen and oxygen atoms in total. The van der Waals surface area contributed by atoms with E-state index in [2.05, 4.69) is 23.8 Å². The first-order valence-electron chi connectivity index (χ1n) is 3.89. The summed E-state index contributed by atoms with van der Waals surface area (Å²) in [6, 6.07) is 3.80. The van der Waals surface area contributed by atoms with Crippen LogP contribution in [0, 0.1) is 0 Å². The molecule has 0 amide bonds. The summed E-state index contributed by atoms with van der Waals surface area (Å²) in [5, 5.41) is 6.84. The standard InChI is InChI=1S/C10H9ClN2/c1-3-7-4-9-10(5-8(7)11)13-6(2)12-9/h3-5,12-13H,1-2H2. The molecule has 1 aliphatic rings. The van der Waals surface area contributed by atoms with E-state index in [1.807, 2.05) is 12.1 Å². The Kier molecular flexibility index (Phi) is 1.78. The van der Waals surface area contributed by atoms with Gasteiger partial charge in [-0.25, -0.2) is 0 Å². The molecule has 1 aromatic carbocycles. The highest BCUT2D eigenvalue weighted by molar-refractivity contribution is 6.32. The molecule has 0 atom stereocenters. The lowest BCUT2D eigenvalue weighted by Gasteiger charge is -2.02. The van der Waals surface area contributed by atoms with Crippen LogP contribution in [0.15, 0.2) is 31.1 Å². The predicted molar refractivity (Wildman–Crippen MR) is 57.9 cm³/mol. The van der Waals surface area contributed by atoms with Crippen LogP contribution < -0.4 is 10.6 Å². The van der Waals surface area contributed by atoms with Gasteiger partial charge in [0.15, 0.2) is 0 Å². The largest absolute Gasteiger partial charge is 0.341 e. The van der Waals surface area contributed by atoms with Gasteiger partial charge in [0.05, 0.1) is 11.4 Å². The highest BCUT2D eigenvalue weighted by Crippen LogP contribution is 2.35. The molecule has 0 aromatic heterocycles. The summed E-state index contributed by atoms with van der Waals surface area (Å²) in [6.07, 6.45) is 1.73. The minimum atomic E-state index is 0.692. The van der Waals surface area contributed by atoms with Gasteiger partial charge in [-0.1, -0.05) is 30.8 Å². The predicted octanol–water partition coefficient (Wildman–Crippen LogP) is 3.29. The third kappa shape index (κ3) is 1.29. The van der Waals surface area contributed by atoms with Crippen LogP contribution in [0.4, 0.5) is 11.4 Å². The molecule has 0 spiro atoms. The van der Waals surface area contributed by atoms with E-state index in [1.54, 1.807) is 6.08 Å². The van der Waals surface area contributed by atoms with E-state index in [-0.39, 0.29) is 0 Å². The summed E-state index contributed by atoms with van der Waals surface area (Å²) in [5.41, 5.74) is 2.87. The first kappa shape index (κ1) is 8.20. The minimum absolute atomic E-state index is 0.692. The van der Waals surface area contributed by atoms with E-state index >= 15 is 0 Å². The van der Waals surface area contributed by atoms with Gasteiger partial charge >= 0.3 is 0 Å². The first-order chi connectivity index (χ1) is 6.20. The lowest BCUT2D eigenvalue weighted by Crippen LogP contribution is -1.94. The Morgan fingerprint density at radius 1 is 1.23 bits per heavy atom. The normalized spacial score (nSPS) is 13.2. The first-order valence-corrected chi connectivity index (χ1v) is 4.27. The summed E-state index contributed by atoms with van der Waals surface area (Å²) in [6.45, 7) is 7.44. The Balaban J connectivity index is 2.56. The zero-order chi connectivity index (χ0) is 9.42. The number of halogens is 1. The van der Waals surface area contributed by atoms with Crippen molar-refractivity contribution in [3.05, 3.63) is 41.7 Å². The zero-order valence-electron chi connectivity index (χ0n) is 7.02. The molecular formula is C10H9ClN2. The molecule has 0 bridgehead atoms. The lowest BCUT2D eigenvalue weighted by molar-refractivity contribution is 1.52. The molecule has 0 saturated heterocycles. The zero-order valence-corrected chi connectivity index (χ0v) is 7.78. The van der Waals surface area contributed by atoms with Crippen molar-refractivity contribution in [1.29, 1.82) is 0 Å². The number of nitrogens with one attached hydrogen (secondary N) is 2. The van der Waals surface area contributed by atoms with Crippen LogP contribution in [0.25, 0.3) is 6.08 Å². The van der Waals surface area contributed by atoms with Gasteiger partial charge in [0, 0.05) is 5.02 Å². The second-order valence-electron chi connectivity index (χ2n) is 2.85. The number of anilines is 2. The topological polar surface area (TPSA) is 24.1 Å². The quantitative estimate of drug-likeness (QED) is 0.714. The number of benzene rings is 1. The van der Waals surface area contributed by atoms with Crippen molar-refractivity contribution < 1.29 is 0 Å². The molecule has 1 heterocycles. The molecule has 0 unspecified atom stereocenters. The van der Waals surface area contributed by atoms with Crippen molar-refractivity contribution in [3.8, 4) is 0 Å². The van der Waals surface area contributed by atoms with Gasteiger partial charge in [0.25, 0.3) is 0 Å². The van der Waals surface area contributed by atoms with Crippen LogP contribution in [-0.4, -0.2) is 0 Å². The van der Waals surface area contributed by atoms with Crippen LogP contribution in [0.2, 0.25) is 5.02 Å². The van der Waals surface area contributed by atoms with E-state index in [0.717, 1.165) is 22.8 Å². The van der Waals surface area contributed by atoms with Crippen molar-refractivity contribution in [2.45, 2.75) is 0 Å². The van der Waals surface area contributed by atoms with Gasteiger partial charge < -0.3 is 10.6 Å². The maximum atomic E-state index is 5.99. The second-order valence-corrected chi connectivity index (χ2v) is 3.26. The van der Waals surface area contributed by atoms with Gasteiger partial charge in [-0.2, -0.15) is 0 Å². The number of fused-ring (bicyclic) bond motifs is 1. The number of hydrogen-bond acceptors (Lipinski definition) is 2. The molecule has 0 aliphatic carbocycles. The monoisotopic (exact) mass is 192 g/mol. The van der Waals surface area contributed by atoms with E-state index in [4.69, 9.17) is 11.6 Å². The number of hydrogen-bond donors (Lipinski definition) is 2. The maximum absolute atomic E-state index is 5.99. The third-order valence-corrected chi connectivity index (χ3v) is 2.26. The van der Waals surface area contributed by atoms with Crippen LogP contribution in [0.1, 0.15) is 5.56 Å². The van der Waals surface area contributed by atoms with Crippen LogP contribution in [0.5, 0.6) is 0 Å². The Morgan fingerprint density at radius 3 is 2.46 bits per heavy atom. The van der Waals surface area contributed by atoms with Crippen molar-refractivity contribution in [3.63, 3.8) is 0 Å². The SMILES string of the molecule is C=Cc1cc2c(cc1Cl)NC(=C)N2. The second kappa shape index (κ2) is 2.82. The van der Waals surface area contributed by atoms with Crippen LogP contribution in [-0.2, 0) is 0 Å². The lowest BCUT2D eigenvalue weighted by atomic mass is 10.2. The van der Waals surface area contributed by atoms with Crippen molar-refractivity contribution in [1.82, 2.24) is 0 Å². The maximum Gasteiger partial charge on any atom is 0.100 e. The average molecular weight is 193 g/mol. The Labute approximate surface area is 81.9 Å². The van der Waals surface area contributed by atoms with E-state index in [0.29, 0.717) is 5.02 Å². The van der Waals surface area contributed by atoms with E-state index in [1.165, 1.54) is 0 Å². The molecule has 1 aliphatic heterocycles. The Morgan fingerprint density at radius 2 is 1.85 bits per heavy atom. The Hall–Kier alpha value is -1.41. The highest BCUT2D eigenvalue weighted by Gasteiger charge is 2.13. The summed E-state index contributed by atoms with van der Waals surface area (Å²) < 4.78 is 0. The van der Waals surface area contributed by atoms with Crippen molar-refractivity contribution >= 4 is 29.1 Å². The Bertz CT molecular complexity index is 396. The smallest absolute Gasteiger partial charge is 0.100 e. The molecule has 1 aromatic rings. The third-order valence-electron chi connectivity index (χ3n) is 1.93. The number of rotatable bonds is 1. The van der Waals surface area contributed by atoms with Gasteiger partial charge in [0.1, 0.15) is 5.82 Å². The van der Waals surface area contributed by atoms with Gasteiger partial charge in [-0.15, -0.1) is 0 Å².